The lowest BCUT2D eigenvalue weighted by molar-refractivity contribution is 0.0702. The summed E-state index contributed by atoms with van der Waals surface area (Å²) < 4.78 is 0. The van der Waals surface area contributed by atoms with E-state index >= 15 is 0 Å². The molecule has 0 radical (unpaired) electrons. The molecule has 4 heteroatoms. The first-order valence-corrected chi connectivity index (χ1v) is 7.78. The van der Waals surface area contributed by atoms with Crippen LogP contribution in [0.4, 0.5) is 5.69 Å². The van der Waals surface area contributed by atoms with Crippen molar-refractivity contribution in [2.75, 3.05) is 11.9 Å². The van der Waals surface area contributed by atoms with Crippen molar-refractivity contribution in [1.29, 1.82) is 0 Å². The number of rotatable bonds is 2. The van der Waals surface area contributed by atoms with Gasteiger partial charge in [0, 0.05) is 22.7 Å². The number of thiophene rings is 1. The minimum Gasteiger partial charge on any atom is -0.477 e. The average molecular weight is 285 g/mol. The zero-order chi connectivity index (χ0) is 13.7. The summed E-state index contributed by atoms with van der Waals surface area (Å²) >= 11 is 1.40. The van der Waals surface area contributed by atoms with Crippen LogP contribution in [0.1, 0.15) is 39.6 Å². The fourth-order valence-electron chi connectivity index (χ4n) is 2.85. The largest absolute Gasteiger partial charge is 0.477 e. The molecule has 0 unspecified atom stereocenters. The first-order chi connectivity index (χ1) is 9.72. The van der Waals surface area contributed by atoms with Crippen molar-refractivity contribution in [3.63, 3.8) is 0 Å². The van der Waals surface area contributed by atoms with Crippen LogP contribution in [0.15, 0.2) is 24.3 Å². The Labute approximate surface area is 121 Å². The number of aromatic carboxylic acids is 1. The zero-order valence-electron chi connectivity index (χ0n) is 11.0. The summed E-state index contributed by atoms with van der Waals surface area (Å²) in [6.45, 7) is 0.860. The van der Waals surface area contributed by atoms with Gasteiger partial charge in [0.05, 0.1) is 0 Å². The second kappa shape index (κ2) is 4.35. The lowest BCUT2D eigenvalue weighted by Crippen LogP contribution is -2.02. The molecule has 1 saturated carbocycles. The molecule has 20 heavy (non-hydrogen) atoms. The third-order valence-corrected chi connectivity index (χ3v) is 5.27. The van der Waals surface area contributed by atoms with Crippen LogP contribution in [-0.4, -0.2) is 17.6 Å². The fraction of sp³-hybridized carbons (Fsp3) is 0.312. The summed E-state index contributed by atoms with van der Waals surface area (Å²) in [5.41, 5.74) is 4.86. The number of hydrogen-bond donors (Lipinski definition) is 2. The molecule has 1 aliphatic carbocycles. The Morgan fingerprint density at radius 3 is 2.90 bits per heavy atom. The number of hydrogen-bond acceptors (Lipinski definition) is 3. The summed E-state index contributed by atoms with van der Waals surface area (Å²) in [6.07, 6.45) is 3.44. The van der Waals surface area contributed by atoms with Crippen molar-refractivity contribution >= 4 is 23.0 Å². The van der Waals surface area contributed by atoms with Crippen LogP contribution >= 0.6 is 11.3 Å². The molecule has 0 spiro atoms. The van der Waals surface area contributed by atoms with E-state index in [-0.39, 0.29) is 0 Å². The van der Waals surface area contributed by atoms with Crippen LogP contribution in [-0.2, 0) is 6.42 Å². The van der Waals surface area contributed by atoms with Gasteiger partial charge in [0.25, 0.3) is 0 Å². The van der Waals surface area contributed by atoms with Crippen molar-refractivity contribution in [3.8, 4) is 10.4 Å². The van der Waals surface area contributed by atoms with Gasteiger partial charge in [-0.25, -0.2) is 4.79 Å². The van der Waals surface area contributed by atoms with Crippen molar-refractivity contribution in [3.05, 3.63) is 40.3 Å². The number of carbonyl (C=O) groups is 1. The minimum atomic E-state index is -0.823. The molecule has 2 aliphatic rings. The predicted molar refractivity (Wildman–Crippen MR) is 80.9 cm³/mol. The Kier molecular flexibility index (Phi) is 2.60. The van der Waals surface area contributed by atoms with E-state index in [4.69, 9.17) is 0 Å². The van der Waals surface area contributed by atoms with Crippen LogP contribution in [0.3, 0.4) is 0 Å². The molecule has 2 heterocycles. The van der Waals surface area contributed by atoms with E-state index in [1.165, 1.54) is 35.3 Å². The molecular weight excluding hydrogens is 270 g/mol. The first kappa shape index (κ1) is 12.0. The Balaban J connectivity index is 1.88. The van der Waals surface area contributed by atoms with E-state index in [1.54, 1.807) is 0 Å². The maximum absolute atomic E-state index is 11.2. The van der Waals surface area contributed by atoms with Crippen LogP contribution in [0.25, 0.3) is 10.4 Å². The van der Waals surface area contributed by atoms with Gasteiger partial charge in [0.2, 0.25) is 0 Å². The molecule has 0 atom stereocenters. The van der Waals surface area contributed by atoms with Gasteiger partial charge in [-0.2, -0.15) is 0 Å². The third kappa shape index (κ3) is 1.91. The van der Waals surface area contributed by atoms with Crippen molar-refractivity contribution < 1.29 is 9.90 Å². The minimum absolute atomic E-state index is 0.444. The van der Waals surface area contributed by atoms with Crippen LogP contribution < -0.4 is 5.32 Å². The number of anilines is 1. The fourth-order valence-corrected chi connectivity index (χ4v) is 3.93. The molecule has 1 aromatic heterocycles. The van der Waals surface area contributed by atoms with Crippen molar-refractivity contribution in [2.45, 2.75) is 25.2 Å². The average Bonchev–Trinajstić information content (AvgIpc) is 3.22. The number of carboxylic acids is 1. The summed E-state index contributed by atoms with van der Waals surface area (Å²) in [6, 6.07) is 8.45. The van der Waals surface area contributed by atoms with E-state index in [0.717, 1.165) is 29.1 Å². The lowest BCUT2D eigenvalue weighted by atomic mass is 10.0. The Hall–Kier alpha value is -1.81. The van der Waals surface area contributed by atoms with Gasteiger partial charge in [-0.3, -0.25) is 0 Å². The maximum Gasteiger partial charge on any atom is 0.345 e. The molecule has 2 N–H and O–H groups in total. The second-order valence-corrected chi connectivity index (χ2v) is 6.58. The molecule has 3 nitrogen and oxygen atoms in total. The standard InChI is InChI=1S/C16H15NO2S/c18-16(19)14-8-11-5-6-17-13-4-3-10(9-1-2-9)7-12(13)15(11)20-14/h3-4,7-9,17H,1-2,5-6H2,(H,18,19). The van der Waals surface area contributed by atoms with Gasteiger partial charge in [0.1, 0.15) is 4.88 Å². The molecule has 4 rings (SSSR count). The number of carboxylic acid groups (broad SMARTS) is 1. The van der Waals surface area contributed by atoms with Gasteiger partial charge in [-0.05, 0) is 54.5 Å². The van der Waals surface area contributed by atoms with Crippen molar-refractivity contribution in [1.82, 2.24) is 0 Å². The highest BCUT2D eigenvalue weighted by molar-refractivity contribution is 7.17. The van der Waals surface area contributed by atoms with E-state index in [1.807, 2.05) is 6.07 Å². The third-order valence-electron chi connectivity index (χ3n) is 4.07. The SMILES string of the molecule is O=C(O)c1cc2c(s1)-c1cc(C3CC3)ccc1NCC2. The number of fused-ring (bicyclic) bond motifs is 3. The Morgan fingerprint density at radius 2 is 2.15 bits per heavy atom. The topological polar surface area (TPSA) is 49.3 Å². The molecule has 1 fully saturated rings. The van der Waals surface area contributed by atoms with E-state index in [9.17, 15) is 9.90 Å². The van der Waals surface area contributed by atoms with E-state index in [2.05, 4.69) is 23.5 Å². The summed E-state index contributed by atoms with van der Waals surface area (Å²) in [4.78, 5) is 12.8. The predicted octanol–water partition coefficient (Wildman–Crippen LogP) is 3.96. The highest BCUT2D eigenvalue weighted by atomic mass is 32.1. The van der Waals surface area contributed by atoms with Crippen LogP contribution in [0.5, 0.6) is 0 Å². The number of benzene rings is 1. The highest BCUT2D eigenvalue weighted by Gasteiger charge is 2.26. The molecule has 0 saturated heterocycles. The van der Waals surface area contributed by atoms with Gasteiger partial charge < -0.3 is 10.4 Å². The molecule has 1 aromatic carbocycles. The van der Waals surface area contributed by atoms with Gasteiger partial charge in [0.15, 0.2) is 0 Å². The molecule has 2 aromatic rings. The van der Waals surface area contributed by atoms with E-state index in [0.29, 0.717) is 10.8 Å². The van der Waals surface area contributed by atoms with E-state index < -0.39 is 5.97 Å². The molecule has 0 amide bonds. The molecule has 0 bridgehead atoms. The van der Waals surface area contributed by atoms with Gasteiger partial charge >= 0.3 is 5.97 Å². The lowest BCUT2D eigenvalue weighted by Gasteiger charge is -2.09. The van der Waals surface area contributed by atoms with Crippen LogP contribution in [0.2, 0.25) is 0 Å². The smallest absolute Gasteiger partial charge is 0.345 e. The van der Waals surface area contributed by atoms with Crippen molar-refractivity contribution in [2.24, 2.45) is 0 Å². The molecule has 102 valence electrons. The summed E-state index contributed by atoms with van der Waals surface area (Å²) in [7, 11) is 0. The first-order valence-electron chi connectivity index (χ1n) is 6.96. The van der Waals surface area contributed by atoms with Gasteiger partial charge in [-0.15, -0.1) is 11.3 Å². The normalized spacial score (nSPS) is 16.8. The number of nitrogens with one attached hydrogen (secondary N) is 1. The quantitative estimate of drug-likeness (QED) is 0.878. The van der Waals surface area contributed by atoms with Crippen LogP contribution in [0, 0.1) is 0 Å². The Morgan fingerprint density at radius 1 is 1.30 bits per heavy atom. The summed E-state index contributed by atoms with van der Waals surface area (Å²) in [5.74, 6) is -0.109. The summed E-state index contributed by atoms with van der Waals surface area (Å²) in [5, 5.41) is 12.7. The monoisotopic (exact) mass is 285 g/mol. The Bertz CT molecular complexity index is 700. The second-order valence-electron chi connectivity index (χ2n) is 5.53. The molecule has 1 aliphatic heterocycles. The van der Waals surface area contributed by atoms with Gasteiger partial charge in [-0.1, -0.05) is 6.07 Å². The maximum atomic E-state index is 11.2. The molecular formula is C16H15NO2S. The zero-order valence-corrected chi connectivity index (χ0v) is 11.8. The highest BCUT2D eigenvalue weighted by Crippen LogP contribution is 2.45.